The van der Waals surface area contributed by atoms with Gasteiger partial charge >= 0.3 is 0 Å². The largest absolute Gasteiger partial charge is 0.379 e. The standard InChI is InChI=1S/C20H26N4O5/c1-13-11-15(22-29-13)24-12-20-4-3-14(28-20)16(17(20)19(24)26)18(25)21-5-2-6-23-7-9-27-10-8-23/h3-4,11,14,16-17H,2,5-10,12H2,1H3,(H,21,25)/t14-,16+,17+,20+/m1/s1. The van der Waals surface area contributed by atoms with Gasteiger partial charge in [-0.05, 0) is 19.9 Å². The van der Waals surface area contributed by atoms with Crippen molar-refractivity contribution < 1.29 is 23.6 Å². The number of carbonyl (C=O) groups excluding carboxylic acids is 2. The van der Waals surface area contributed by atoms with E-state index in [1.165, 1.54) is 0 Å². The lowest BCUT2D eigenvalue weighted by molar-refractivity contribution is -0.131. The van der Waals surface area contributed by atoms with Gasteiger partial charge in [-0.3, -0.25) is 19.4 Å². The Hall–Kier alpha value is -2.23. The van der Waals surface area contributed by atoms with Crippen molar-refractivity contribution in [1.82, 2.24) is 15.4 Å². The average Bonchev–Trinajstić information content (AvgIpc) is 3.47. The summed E-state index contributed by atoms with van der Waals surface area (Å²) in [5, 5.41) is 6.99. The highest BCUT2D eigenvalue weighted by Crippen LogP contribution is 2.52. The molecule has 1 aromatic heterocycles. The van der Waals surface area contributed by atoms with Gasteiger partial charge in [0.05, 0.1) is 37.7 Å². The summed E-state index contributed by atoms with van der Waals surface area (Å²) in [6, 6.07) is 1.73. The number of hydrogen-bond acceptors (Lipinski definition) is 7. The zero-order valence-corrected chi connectivity index (χ0v) is 16.5. The van der Waals surface area contributed by atoms with Crippen LogP contribution in [-0.2, 0) is 19.1 Å². The van der Waals surface area contributed by atoms with E-state index in [-0.39, 0.29) is 17.9 Å². The number of anilines is 1. The van der Waals surface area contributed by atoms with Crippen LogP contribution in [0.25, 0.3) is 0 Å². The average molecular weight is 402 g/mol. The van der Waals surface area contributed by atoms with Crippen LogP contribution in [0.15, 0.2) is 22.7 Å². The fourth-order valence-electron chi connectivity index (χ4n) is 4.93. The fraction of sp³-hybridized carbons (Fsp3) is 0.650. The van der Waals surface area contributed by atoms with Crippen molar-refractivity contribution in [3.63, 3.8) is 0 Å². The van der Waals surface area contributed by atoms with Gasteiger partial charge in [-0.25, -0.2) is 0 Å². The SMILES string of the molecule is Cc1cc(N2C[C@]34C=C[C@@H](O3)[C@H](C(=O)NCCCN3CCOCC3)[C@H]4C2=O)no1. The Balaban J connectivity index is 1.22. The lowest BCUT2D eigenvalue weighted by atomic mass is 9.77. The van der Waals surface area contributed by atoms with Gasteiger partial charge in [0.25, 0.3) is 0 Å². The molecule has 0 radical (unpaired) electrons. The number of amides is 2. The van der Waals surface area contributed by atoms with E-state index in [9.17, 15) is 9.59 Å². The second-order valence-electron chi connectivity index (χ2n) is 8.22. The van der Waals surface area contributed by atoms with Crippen LogP contribution in [-0.4, -0.2) is 79.5 Å². The molecule has 0 aliphatic carbocycles. The molecule has 2 bridgehead atoms. The highest BCUT2D eigenvalue weighted by atomic mass is 16.5. The molecular formula is C20H26N4O5. The number of ether oxygens (including phenoxy) is 2. The van der Waals surface area contributed by atoms with Gasteiger partial charge in [0, 0.05) is 25.7 Å². The fourth-order valence-corrected chi connectivity index (χ4v) is 4.93. The molecule has 1 N–H and O–H groups in total. The maximum Gasteiger partial charge on any atom is 0.235 e. The lowest BCUT2D eigenvalue weighted by Crippen LogP contribution is -2.45. The summed E-state index contributed by atoms with van der Waals surface area (Å²) >= 11 is 0. The first-order valence-corrected chi connectivity index (χ1v) is 10.3. The summed E-state index contributed by atoms with van der Waals surface area (Å²) in [6.45, 7) is 7.08. The first-order chi connectivity index (χ1) is 14.1. The molecule has 9 heteroatoms. The van der Waals surface area contributed by atoms with Gasteiger partial charge in [-0.1, -0.05) is 17.3 Å². The van der Waals surface area contributed by atoms with Crippen LogP contribution in [0.3, 0.4) is 0 Å². The topological polar surface area (TPSA) is 97.1 Å². The number of aromatic nitrogens is 1. The summed E-state index contributed by atoms with van der Waals surface area (Å²) in [5.74, 6) is -0.153. The quantitative estimate of drug-likeness (QED) is 0.533. The Bertz CT molecular complexity index is 833. The van der Waals surface area contributed by atoms with Crippen LogP contribution in [0.1, 0.15) is 12.2 Å². The monoisotopic (exact) mass is 402 g/mol. The van der Waals surface area contributed by atoms with Crippen molar-refractivity contribution in [2.75, 3.05) is 50.8 Å². The maximum atomic E-state index is 13.2. The lowest BCUT2D eigenvalue weighted by Gasteiger charge is -2.27. The van der Waals surface area contributed by atoms with Gasteiger partial charge in [0.1, 0.15) is 11.4 Å². The second kappa shape index (κ2) is 7.23. The number of hydrogen-bond donors (Lipinski definition) is 1. The minimum absolute atomic E-state index is 0.111. The Morgan fingerprint density at radius 1 is 1.38 bits per heavy atom. The van der Waals surface area contributed by atoms with Crippen molar-refractivity contribution >= 4 is 17.6 Å². The Morgan fingerprint density at radius 2 is 2.21 bits per heavy atom. The van der Waals surface area contributed by atoms with Crippen molar-refractivity contribution in [3.05, 3.63) is 24.0 Å². The molecule has 3 fully saturated rings. The summed E-state index contributed by atoms with van der Waals surface area (Å²) in [7, 11) is 0. The normalized spacial score (nSPS) is 33.5. The van der Waals surface area contributed by atoms with E-state index in [2.05, 4.69) is 15.4 Å². The molecule has 156 valence electrons. The molecule has 4 aliphatic rings. The molecule has 1 spiro atoms. The van der Waals surface area contributed by atoms with Gasteiger partial charge < -0.3 is 19.3 Å². The van der Waals surface area contributed by atoms with Crippen LogP contribution in [0, 0.1) is 18.8 Å². The third-order valence-electron chi connectivity index (χ3n) is 6.35. The number of nitrogens with one attached hydrogen (secondary N) is 1. The van der Waals surface area contributed by atoms with E-state index in [1.54, 1.807) is 17.9 Å². The molecule has 0 unspecified atom stereocenters. The number of carbonyl (C=O) groups is 2. The molecule has 29 heavy (non-hydrogen) atoms. The van der Waals surface area contributed by atoms with Gasteiger partial charge in [-0.15, -0.1) is 0 Å². The molecule has 2 amide bonds. The molecule has 1 aromatic rings. The molecule has 3 saturated heterocycles. The first kappa shape index (κ1) is 18.8. The Labute approximate surface area is 169 Å². The predicted molar refractivity (Wildman–Crippen MR) is 102 cm³/mol. The maximum absolute atomic E-state index is 13.2. The van der Waals surface area contributed by atoms with Crippen LogP contribution in [0.5, 0.6) is 0 Å². The highest BCUT2D eigenvalue weighted by Gasteiger charge is 2.67. The molecular weight excluding hydrogens is 376 g/mol. The number of rotatable bonds is 6. The van der Waals surface area contributed by atoms with Crippen LogP contribution < -0.4 is 10.2 Å². The zero-order valence-electron chi connectivity index (χ0n) is 16.5. The van der Waals surface area contributed by atoms with E-state index < -0.39 is 17.4 Å². The molecule has 0 aromatic carbocycles. The zero-order chi connectivity index (χ0) is 20.0. The predicted octanol–water partition coefficient (Wildman–Crippen LogP) is 0.108. The Kier molecular flexibility index (Phi) is 4.68. The number of morpholine rings is 1. The van der Waals surface area contributed by atoms with E-state index >= 15 is 0 Å². The summed E-state index contributed by atoms with van der Waals surface area (Å²) < 4.78 is 16.6. The van der Waals surface area contributed by atoms with E-state index in [0.29, 0.717) is 24.7 Å². The smallest absolute Gasteiger partial charge is 0.235 e. The summed E-state index contributed by atoms with van der Waals surface area (Å²) in [5.41, 5.74) is -0.746. The minimum Gasteiger partial charge on any atom is -0.379 e. The number of nitrogens with zero attached hydrogens (tertiary/aromatic N) is 3. The van der Waals surface area contributed by atoms with E-state index in [4.69, 9.17) is 14.0 Å². The highest BCUT2D eigenvalue weighted by molar-refractivity contribution is 6.02. The molecule has 4 aliphatic heterocycles. The molecule has 4 atom stereocenters. The summed E-state index contributed by atoms with van der Waals surface area (Å²) in [6.07, 6.45) is 4.38. The number of fused-ring (bicyclic) bond motifs is 1. The minimum atomic E-state index is -0.746. The molecule has 5 rings (SSSR count). The van der Waals surface area contributed by atoms with Gasteiger partial charge in [0.15, 0.2) is 5.82 Å². The van der Waals surface area contributed by atoms with E-state index in [0.717, 1.165) is 39.3 Å². The summed E-state index contributed by atoms with van der Waals surface area (Å²) in [4.78, 5) is 30.0. The second-order valence-corrected chi connectivity index (χ2v) is 8.22. The molecule has 5 heterocycles. The van der Waals surface area contributed by atoms with Crippen molar-refractivity contribution in [3.8, 4) is 0 Å². The van der Waals surface area contributed by atoms with Crippen molar-refractivity contribution in [2.24, 2.45) is 11.8 Å². The van der Waals surface area contributed by atoms with Crippen LogP contribution >= 0.6 is 0 Å². The van der Waals surface area contributed by atoms with Crippen LogP contribution in [0.2, 0.25) is 0 Å². The number of aryl methyl sites for hydroxylation is 1. The van der Waals surface area contributed by atoms with Gasteiger partial charge in [-0.2, -0.15) is 0 Å². The first-order valence-electron chi connectivity index (χ1n) is 10.3. The Morgan fingerprint density at radius 3 is 2.97 bits per heavy atom. The van der Waals surface area contributed by atoms with Crippen molar-refractivity contribution in [2.45, 2.75) is 25.0 Å². The van der Waals surface area contributed by atoms with Gasteiger partial charge in [0.2, 0.25) is 11.8 Å². The van der Waals surface area contributed by atoms with Crippen molar-refractivity contribution in [1.29, 1.82) is 0 Å². The van der Waals surface area contributed by atoms with Crippen LogP contribution in [0.4, 0.5) is 5.82 Å². The molecule has 9 nitrogen and oxygen atoms in total. The van der Waals surface area contributed by atoms with E-state index in [1.807, 2.05) is 12.2 Å². The third kappa shape index (κ3) is 3.17. The molecule has 0 saturated carbocycles. The third-order valence-corrected chi connectivity index (χ3v) is 6.35.